The molecular formula is C17H23NO4. The van der Waals surface area contributed by atoms with E-state index in [2.05, 4.69) is 0 Å². The number of hydrogen-bond donors (Lipinski definition) is 1. The second kappa shape index (κ2) is 7.82. The molecule has 0 aromatic heterocycles. The Bertz CT molecular complexity index is 529. The number of hydrogen-bond acceptors (Lipinski definition) is 3. The van der Waals surface area contributed by atoms with Crippen LogP contribution in [0.5, 0.6) is 5.75 Å². The Kier molecular flexibility index (Phi) is 5.81. The highest BCUT2D eigenvalue weighted by Crippen LogP contribution is 2.23. The molecule has 22 heavy (non-hydrogen) atoms. The van der Waals surface area contributed by atoms with Crippen LogP contribution in [0.2, 0.25) is 0 Å². The number of carbonyl (C=O) groups excluding carboxylic acids is 1. The minimum Gasteiger partial charge on any atom is -0.494 e. The molecule has 0 radical (unpaired) electrons. The van der Waals surface area contributed by atoms with E-state index in [1.165, 1.54) is 0 Å². The summed E-state index contributed by atoms with van der Waals surface area (Å²) in [6.45, 7) is 3.86. The van der Waals surface area contributed by atoms with E-state index in [1.54, 1.807) is 12.1 Å². The van der Waals surface area contributed by atoms with Crippen LogP contribution in [-0.4, -0.2) is 41.6 Å². The number of carboxylic acid groups (broad SMARTS) is 1. The van der Waals surface area contributed by atoms with Crippen molar-refractivity contribution in [1.29, 1.82) is 0 Å². The first-order chi connectivity index (χ1) is 10.6. The quantitative estimate of drug-likeness (QED) is 0.877. The molecule has 1 saturated heterocycles. The number of carboxylic acids is 1. The van der Waals surface area contributed by atoms with Crippen LogP contribution in [0.4, 0.5) is 0 Å². The van der Waals surface area contributed by atoms with Gasteiger partial charge in [-0.25, -0.2) is 0 Å². The van der Waals surface area contributed by atoms with Crippen molar-refractivity contribution in [2.24, 2.45) is 5.92 Å². The third kappa shape index (κ3) is 4.48. The number of aliphatic carboxylic acids is 1. The maximum absolute atomic E-state index is 12.6. The van der Waals surface area contributed by atoms with E-state index in [-0.39, 0.29) is 18.2 Å². The Morgan fingerprint density at radius 1 is 1.41 bits per heavy atom. The average Bonchev–Trinajstić information content (AvgIpc) is 2.53. The molecule has 1 aliphatic rings. The first kappa shape index (κ1) is 16.3. The number of carbonyl (C=O) groups is 2. The molecule has 1 fully saturated rings. The van der Waals surface area contributed by atoms with Crippen LogP contribution in [0.15, 0.2) is 24.3 Å². The van der Waals surface area contributed by atoms with Crippen molar-refractivity contribution in [2.45, 2.75) is 32.6 Å². The molecule has 1 aromatic rings. The van der Waals surface area contributed by atoms with Gasteiger partial charge in [0.1, 0.15) is 5.75 Å². The summed E-state index contributed by atoms with van der Waals surface area (Å²) < 4.78 is 5.43. The highest BCUT2D eigenvalue weighted by molar-refractivity contribution is 5.94. The summed E-state index contributed by atoms with van der Waals surface area (Å²) in [6, 6.07) is 7.23. The van der Waals surface area contributed by atoms with Crippen LogP contribution < -0.4 is 4.74 Å². The monoisotopic (exact) mass is 305 g/mol. The van der Waals surface area contributed by atoms with E-state index in [9.17, 15) is 9.59 Å². The Morgan fingerprint density at radius 2 is 2.23 bits per heavy atom. The van der Waals surface area contributed by atoms with E-state index < -0.39 is 5.97 Å². The van der Waals surface area contributed by atoms with Gasteiger partial charge in [0.25, 0.3) is 5.91 Å². The molecule has 5 heteroatoms. The summed E-state index contributed by atoms with van der Waals surface area (Å²) in [7, 11) is 0. The number of benzene rings is 1. The molecule has 1 atom stereocenters. The van der Waals surface area contributed by atoms with Gasteiger partial charge in [-0.3, -0.25) is 9.59 Å². The minimum atomic E-state index is -0.770. The first-order valence-electron chi connectivity index (χ1n) is 7.84. The predicted molar refractivity (Wildman–Crippen MR) is 83.1 cm³/mol. The molecule has 0 spiro atoms. The average molecular weight is 305 g/mol. The van der Waals surface area contributed by atoms with Crippen LogP contribution in [-0.2, 0) is 4.79 Å². The van der Waals surface area contributed by atoms with Gasteiger partial charge < -0.3 is 14.7 Å². The number of rotatable bonds is 6. The number of nitrogens with zero attached hydrogens (tertiary/aromatic N) is 1. The summed E-state index contributed by atoms with van der Waals surface area (Å²) in [6.07, 6.45) is 2.74. The van der Waals surface area contributed by atoms with Crippen LogP contribution >= 0.6 is 0 Å². The van der Waals surface area contributed by atoms with Crippen LogP contribution in [0.25, 0.3) is 0 Å². The van der Waals surface area contributed by atoms with E-state index in [1.807, 2.05) is 24.0 Å². The summed E-state index contributed by atoms with van der Waals surface area (Å²) in [5.74, 6) is 0.214. The third-order valence-electron chi connectivity index (χ3n) is 3.96. The van der Waals surface area contributed by atoms with Crippen molar-refractivity contribution in [3.05, 3.63) is 29.8 Å². The third-order valence-corrected chi connectivity index (χ3v) is 3.96. The molecule has 1 aliphatic heterocycles. The van der Waals surface area contributed by atoms with Crippen molar-refractivity contribution in [1.82, 2.24) is 4.90 Å². The Morgan fingerprint density at radius 3 is 2.95 bits per heavy atom. The van der Waals surface area contributed by atoms with Gasteiger partial charge in [-0.1, -0.05) is 6.07 Å². The Hall–Kier alpha value is -2.04. The van der Waals surface area contributed by atoms with Gasteiger partial charge in [-0.05, 0) is 50.3 Å². The topological polar surface area (TPSA) is 66.8 Å². The maximum atomic E-state index is 12.6. The molecule has 1 N–H and O–H groups in total. The van der Waals surface area contributed by atoms with E-state index in [4.69, 9.17) is 9.84 Å². The molecule has 0 bridgehead atoms. The number of ether oxygens (including phenoxy) is 1. The molecule has 2 rings (SSSR count). The molecule has 1 amide bonds. The lowest BCUT2D eigenvalue weighted by molar-refractivity contribution is -0.137. The number of amides is 1. The standard InChI is InChI=1S/C17H23NO4/c1-2-22-15-7-3-6-14(11-15)17(21)18-10-4-5-13(12-18)8-9-16(19)20/h3,6-7,11,13H,2,4-5,8-10,12H2,1H3,(H,19,20). The van der Waals surface area contributed by atoms with Crippen molar-refractivity contribution in [3.63, 3.8) is 0 Å². The lowest BCUT2D eigenvalue weighted by Crippen LogP contribution is -2.40. The zero-order valence-corrected chi connectivity index (χ0v) is 13.0. The fraction of sp³-hybridized carbons (Fsp3) is 0.529. The van der Waals surface area contributed by atoms with Crippen molar-refractivity contribution in [2.75, 3.05) is 19.7 Å². The van der Waals surface area contributed by atoms with E-state index in [0.29, 0.717) is 30.9 Å². The summed E-state index contributed by atoms with van der Waals surface area (Å²) in [5, 5.41) is 8.78. The van der Waals surface area contributed by atoms with Crippen LogP contribution in [0, 0.1) is 5.92 Å². The first-order valence-corrected chi connectivity index (χ1v) is 7.84. The van der Waals surface area contributed by atoms with Gasteiger partial charge in [-0.2, -0.15) is 0 Å². The molecule has 0 saturated carbocycles. The molecule has 0 aliphatic carbocycles. The second-order valence-electron chi connectivity index (χ2n) is 5.65. The molecule has 1 unspecified atom stereocenters. The zero-order chi connectivity index (χ0) is 15.9. The van der Waals surface area contributed by atoms with Gasteiger partial charge >= 0.3 is 5.97 Å². The van der Waals surface area contributed by atoms with Crippen LogP contribution in [0.3, 0.4) is 0 Å². The van der Waals surface area contributed by atoms with E-state index in [0.717, 1.165) is 19.4 Å². The highest BCUT2D eigenvalue weighted by atomic mass is 16.5. The fourth-order valence-electron chi connectivity index (χ4n) is 2.88. The normalized spacial score (nSPS) is 18.0. The number of likely N-dealkylation sites (tertiary alicyclic amines) is 1. The summed E-state index contributed by atoms with van der Waals surface area (Å²) in [4.78, 5) is 25.1. The lowest BCUT2D eigenvalue weighted by Gasteiger charge is -2.32. The van der Waals surface area contributed by atoms with E-state index >= 15 is 0 Å². The van der Waals surface area contributed by atoms with Gasteiger partial charge in [0, 0.05) is 25.1 Å². The second-order valence-corrected chi connectivity index (χ2v) is 5.65. The molecule has 120 valence electrons. The minimum absolute atomic E-state index is 0.00146. The summed E-state index contributed by atoms with van der Waals surface area (Å²) in [5.41, 5.74) is 0.629. The van der Waals surface area contributed by atoms with Gasteiger partial charge in [-0.15, -0.1) is 0 Å². The zero-order valence-electron chi connectivity index (χ0n) is 13.0. The maximum Gasteiger partial charge on any atom is 0.303 e. The van der Waals surface area contributed by atoms with Crippen molar-refractivity contribution < 1.29 is 19.4 Å². The van der Waals surface area contributed by atoms with Gasteiger partial charge in [0.15, 0.2) is 0 Å². The predicted octanol–water partition coefficient (Wildman–Crippen LogP) is 2.80. The fourth-order valence-corrected chi connectivity index (χ4v) is 2.88. The highest BCUT2D eigenvalue weighted by Gasteiger charge is 2.25. The lowest BCUT2D eigenvalue weighted by atomic mass is 9.93. The Balaban J connectivity index is 1.99. The van der Waals surface area contributed by atoms with Gasteiger partial charge in [0.2, 0.25) is 0 Å². The number of piperidine rings is 1. The molecule has 5 nitrogen and oxygen atoms in total. The van der Waals surface area contributed by atoms with Crippen molar-refractivity contribution >= 4 is 11.9 Å². The molecule has 1 aromatic carbocycles. The SMILES string of the molecule is CCOc1cccc(C(=O)N2CCCC(CCC(=O)O)C2)c1. The molecular weight excluding hydrogens is 282 g/mol. The van der Waals surface area contributed by atoms with Crippen molar-refractivity contribution in [3.8, 4) is 5.75 Å². The summed E-state index contributed by atoms with van der Waals surface area (Å²) >= 11 is 0. The molecule has 1 heterocycles. The largest absolute Gasteiger partial charge is 0.494 e. The smallest absolute Gasteiger partial charge is 0.303 e. The van der Waals surface area contributed by atoms with Crippen LogP contribution in [0.1, 0.15) is 43.0 Å². The Labute approximate surface area is 130 Å². The van der Waals surface area contributed by atoms with Gasteiger partial charge in [0.05, 0.1) is 6.61 Å².